The summed E-state index contributed by atoms with van der Waals surface area (Å²) in [6.45, 7) is 9.09. The summed E-state index contributed by atoms with van der Waals surface area (Å²) >= 11 is 0. The van der Waals surface area contributed by atoms with Crippen LogP contribution in [0.15, 0.2) is 24.3 Å². The molecule has 1 aliphatic heterocycles. The maximum absolute atomic E-state index is 12.2. The summed E-state index contributed by atoms with van der Waals surface area (Å²) in [4.78, 5) is 27.4. The minimum absolute atomic E-state index is 0.00405. The molecule has 1 fully saturated rings. The first-order valence-electron chi connectivity index (χ1n) is 7.84. The van der Waals surface area contributed by atoms with Gasteiger partial charge in [-0.15, -0.1) is 0 Å². The largest absolute Gasteiger partial charge is 0.340 e. The van der Waals surface area contributed by atoms with Crippen molar-refractivity contribution >= 4 is 17.5 Å². The van der Waals surface area contributed by atoms with Crippen LogP contribution in [0.4, 0.5) is 5.69 Å². The number of carbonyl (C=O) groups is 2. The minimum atomic E-state index is 0.00405. The van der Waals surface area contributed by atoms with E-state index in [1.165, 1.54) is 0 Å². The number of carbonyl (C=O) groups excluding carboxylic acids is 2. The van der Waals surface area contributed by atoms with E-state index in [0.717, 1.165) is 24.3 Å². The molecule has 1 aliphatic rings. The second-order valence-electron chi connectivity index (χ2n) is 6.07. The van der Waals surface area contributed by atoms with Crippen LogP contribution in [0, 0.1) is 0 Å². The molecule has 0 unspecified atom stereocenters. The van der Waals surface area contributed by atoms with E-state index in [0.29, 0.717) is 25.6 Å². The molecule has 0 aromatic heterocycles. The van der Waals surface area contributed by atoms with Crippen molar-refractivity contribution in [2.45, 2.75) is 26.7 Å². The third kappa shape index (κ3) is 4.31. The Bertz CT molecular complexity index is 534. The third-order valence-corrected chi connectivity index (χ3v) is 4.04. The molecule has 0 atom stereocenters. The Kier molecular flexibility index (Phi) is 5.55. The molecule has 0 spiro atoms. The Labute approximate surface area is 132 Å². The molecule has 1 aromatic rings. The molecule has 5 heteroatoms. The number of amides is 2. The molecular weight excluding hydrogens is 278 g/mol. The van der Waals surface area contributed by atoms with Crippen molar-refractivity contribution in [3.05, 3.63) is 29.8 Å². The van der Waals surface area contributed by atoms with E-state index >= 15 is 0 Å². The molecule has 0 saturated carbocycles. The number of para-hydroxylation sites is 1. The van der Waals surface area contributed by atoms with Gasteiger partial charge in [0.25, 0.3) is 0 Å². The van der Waals surface area contributed by atoms with E-state index < -0.39 is 0 Å². The van der Waals surface area contributed by atoms with Gasteiger partial charge in [-0.1, -0.05) is 32.0 Å². The number of piperazine rings is 1. The van der Waals surface area contributed by atoms with Gasteiger partial charge in [0.05, 0.1) is 6.54 Å². The zero-order chi connectivity index (χ0) is 16.1. The molecule has 1 N–H and O–H groups in total. The van der Waals surface area contributed by atoms with E-state index in [9.17, 15) is 9.59 Å². The van der Waals surface area contributed by atoms with Gasteiger partial charge in [0, 0.05) is 38.8 Å². The minimum Gasteiger partial charge on any atom is -0.340 e. The van der Waals surface area contributed by atoms with Crippen LogP contribution < -0.4 is 5.32 Å². The van der Waals surface area contributed by atoms with Crippen LogP contribution in [0.5, 0.6) is 0 Å². The lowest BCUT2D eigenvalue weighted by Crippen LogP contribution is -2.49. The molecule has 2 rings (SSSR count). The van der Waals surface area contributed by atoms with Gasteiger partial charge in [-0.05, 0) is 17.5 Å². The highest BCUT2D eigenvalue weighted by atomic mass is 16.2. The van der Waals surface area contributed by atoms with Crippen LogP contribution in [0.2, 0.25) is 0 Å². The standard InChI is InChI=1S/C17H25N3O2/c1-13(2)15-6-4-5-7-16(15)18-17(22)12-19-8-10-20(11-9-19)14(3)21/h4-7,13H,8-12H2,1-3H3,(H,18,22). The van der Waals surface area contributed by atoms with Crippen molar-refractivity contribution in [2.24, 2.45) is 0 Å². The Morgan fingerprint density at radius 1 is 1.14 bits per heavy atom. The first-order chi connectivity index (χ1) is 10.5. The van der Waals surface area contributed by atoms with E-state index in [1.54, 1.807) is 6.92 Å². The number of anilines is 1. The molecule has 2 amide bonds. The fourth-order valence-electron chi connectivity index (χ4n) is 2.73. The Morgan fingerprint density at radius 3 is 2.36 bits per heavy atom. The second-order valence-corrected chi connectivity index (χ2v) is 6.07. The molecule has 1 saturated heterocycles. The Hall–Kier alpha value is -1.88. The Morgan fingerprint density at radius 2 is 1.77 bits per heavy atom. The summed E-state index contributed by atoms with van der Waals surface area (Å²) in [7, 11) is 0. The zero-order valence-electron chi connectivity index (χ0n) is 13.6. The second kappa shape index (κ2) is 7.40. The first-order valence-corrected chi connectivity index (χ1v) is 7.84. The van der Waals surface area contributed by atoms with Crippen molar-refractivity contribution < 1.29 is 9.59 Å². The van der Waals surface area contributed by atoms with Crippen LogP contribution in [0.3, 0.4) is 0 Å². The van der Waals surface area contributed by atoms with Crippen LogP contribution in [-0.2, 0) is 9.59 Å². The number of hydrogen-bond donors (Lipinski definition) is 1. The molecule has 5 nitrogen and oxygen atoms in total. The Balaban J connectivity index is 1.88. The van der Waals surface area contributed by atoms with Crippen molar-refractivity contribution in [3.63, 3.8) is 0 Å². The molecule has 1 heterocycles. The van der Waals surface area contributed by atoms with Gasteiger partial charge in [-0.3, -0.25) is 14.5 Å². The highest BCUT2D eigenvalue weighted by molar-refractivity contribution is 5.93. The molecular formula is C17H25N3O2. The molecule has 22 heavy (non-hydrogen) atoms. The number of rotatable bonds is 4. The van der Waals surface area contributed by atoms with Crippen LogP contribution in [0.25, 0.3) is 0 Å². The topological polar surface area (TPSA) is 52.7 Å². The van der Waals surface area contributed by atoms with Crippen molar-refractivity contribution in [1.29, 1.82) is 0 Å². The summed E-state index contributed by atoms with van der Waals surface area (Å²) < 4.78 is 0. The average molecular weight is 303 g/mol. The summed E-state index contributed by atoms with van der Waals surface area (Å²) in [5.41, 5.74) is 2.04. The van der Waals surface area contributed by atoms with E-state index in [2.05, 4.69) is 24.1 Å². The SMILES string of the molecule is CC(=O)N1CCN(CC(=O)Nc2ccccc2C(C)C)CC1. The maximum atomic E-state index is 12.2. The van der Waals surface area contributed by atoms with Gasteiger partial charge in [0.15, 0.2) is 0 Å². The quantitative estimate of drug-likeness (QED) is 0.924. The van der Waals surface area contributed by atoms with Crippen LogP contribution in [0.1, 0.15) is 32.3 Å². The van der Waals surface area contributed by atoms with E-state index in [4.69, 9.17) is 0 Å². The molecule has 120 valence electrons. The van der Waals surface area contributed by atoms with Crippen molar-refractivity contribution in [3.8, 4) is 0 Å². The fourth-order valence-corrected chi connectivity index (χ4v) is 2.73. The predicted molar refractivity (Wildman–Crippen MR) is 87.9 cm³/mol. The van der Waals surface area contributed by atoms with Gasteiger partial charge in [0.2, 0.25) is 11.8 Å². The summed E-state index contributed by atoms with van der Waals surface area (Å²) in [5.74, 6) is 0.481. The molecule has 0 aliphatic carbocycles. The zero-order valence-corrected chi connectivity index (χ0v) is 13.6. The van der Waals surface area contributed by atoms with Gasteiger partial charge < -0.3 is 10.2 Å². The van der Waals surface area contributed by atoms with Gasteiger partial charge in [-0.25, -0.2) is 0 Å². The summed E-state index contributed by atoms with van der Waals surface area (Å²) in [5, 5.41) is 3.01. The summed E-state index contributed by atoms with van der Waals surface area (Å²) in [6.07, 6.45) is 0. The monoisotopic (exact) mass is 303 g/mol. The molecule has 0 radical (unpaired) electrons. The van der Waals surface area contributed by atoms with Crippen molar-refractivity contribution in [2.75, 3.05) is 38.0 Å². The van der Waals surface area contributed by atoms with E-state index in [-0.39, 0.29) is 11.8 Å². The van der Waals surface area contributed by atoms with Gasteiger partial charge >= 0.3 is 0 Å². The maximum Gasteiger partial charge on any atom is 0.238 e. The molecule has 0 bridgehead atoms. The van der Waals surface area contributed by atoms with Gasteiger partial charge in [-0.2, -0.15) is 0 Å². The fraction of sp³-hybridized carbons (Fsp3) is 0.529. The van der Waals surface area contributed by atoms with Crippen LogP contribution in [-0.4, -0.2) is 54.3 Å². The normalized spacial score (nSPS) is 15.9. The number of benzene rings is 1. The van der Waals surface area contributed by atoms with E-state index in [1.807, 2.05) is 29.2 Å². The smallest absolute Gasteiger partial charge is 0.238 e. The van der Waals surface area contributed by atoms with Crippen LogP contribution >= 0.6 is 0 Å². The highest BCUT2D eigenvalue weighted by Gasteiger charge is 2.20. The average Bonchev–Trinajstić information content (AvgIpc) is 2.48. The number of nitrogens with zero attached hydrogens (tertiary/aromatic N) is 2. The summed E-state index contributed by atoms with van der Waals surface area (Å²) in [6, 6.07) is 7.92. The number of nitrogens with one attached hydrogen (secondary N) is 1. The van der Waals surface area contributed by atoms with Gasteiger partial charge in [0.1, 0.15) is 0 Å². The lowest BCUT2D eigenvalue weighted by molar-refractivity contribution is -0.130. The lowest BCUT2D eigenvalue weighted by Gasteiger charge is -2.33. The molecule has 1 aromatic carbocycles. The predicted octanol–water partition coefficient (Wildman–Crippen LogP) is 1.91. The highest BCUT2D eigenvalue weighted by Crippen LogP contribution is 2.23. The third-order valence-electron chi connectivity index (χ3n) is 4.04. The first kappa shape index (κ1) is 16.5. The lowest BCUT2D eigenvalue weighted by atomic mass is 10.0. The number of hydrogen-bond acceptors (Lipinski definition) is 3. The van der Waals surface area contributed by atoms with Crippen molar-refractivity contribution in [1.82, 2.24) is 9.80 Å².